The lowest BCUT2D eigenvalue weighted by atomic mass is 10.2. The average molecular weight is 355 g/mol. The van der Waals surface area contributed by atoms with Crippen LogP contribution in [0.4, 0.5) is 4.39 Å². The molecule has 10 heteroatoms. The summed E-state index contributed by atoms with van der Waals surface area (Å²) in [5, 5.41) is 18.4. The van der Waals surface area contributed by atoms with Crippen LogP contribution in [0.3, 0.4) is 0 Å². The van der Waals surface area contributed by atoms with E-state index in [4.69, 9.17) is 33.0 Å². The van der Waals surface area contributed by atoms with Gasteiger partial charge in [-0.05, 0) is 11.6 Å². The molecule has 2 heterocycles. The predicted molar refractivity (Wildman–Crippen MR) is 80.6 cm³/mol. The Balaban J connectivity index is 0.00000116. The highest BCUT2D eigenvalue weighted by Crippen LogP contribution is 2.20. The third-order valence-corrected chi connectivity index (χ3v) is 3.02. The lowest BCUT2D eigenvalue weighted by Crippen LogP contribution is -2.34. The molecule has 2 aromatic rings. The molecule has 0 radical (unpaired) electrons. The van der Waals surface area contributed by atoms with Gasteiger partial charge in [0.2, 0.25) is 5.28 Å². The van der Waals surface area contributed by atoms with Crippen LogP contribution in [0.1, 0.15) is 13.8 Å². The molecule has 0 fully saturated rings. The number of halogens is 3. The van der Waals surface area contributed by atoms with Crippen molar-refractivity contribution in [3.05, 3.63) is 16.8 Å². The van der Waals surface area contributed by atoms with Crippen LogP contribution in [0.15, 0.2) is 6.33 Å². The molecule has 0 saturated carbocycles. The fourth-order valence-corrected chi connectivity index (χ4v) is 1.96. The summed E-state index contributed by atoms with van der Waals surface area (Å²) in [6.07, 6.45) is -1.07. The molecule has 22 heavy (non-hydrogen) atoms. The van der Waals surface area contributed by atoms with Gasteiger partial charge in [0.05, 0.1) is 12.9 Å². The van der Waals surface area contributed by atoms with E-state index >= 15 is 0 Å². The van der Waals surface area contributed by atoms with Crippen LogP contribution in [-0.4, -0.2) is 55.2 Å². The Morgan fingerprint density at radius 3 is 2.64 bits per heavy atom. The number of ether oxygens (including phenoxy) is 1. The summed E-state index contributed by atoms with van der Waals surface area (Å²) in [5.41, 5.74) is 0.674. The second-order valence-electron chi connectivity index (χ2n) is 3.91. The van der Waals surface area contributed by atoms with Gasteiger partial charge in [0.15, 0.2) is 10.8 Å². The van der Waals surface area contributed by atoms with Crippen molar-refractivity contribution in [2.45, 2.75) is 32.8 Å². The van der Waals surface area contributed by atoms with Crippen LogP contribution in [0.2, 0.25) is 10.4 Å². The molecule has 7 nitrogen and oxygen atoms in total. The molecule has 124 valence electrons. The average Bonchev–Trinajstić information content (AvgIpc) is 2.93. The van der Waals surface area contributed by atoms with Gasteiger partial charge < -0.3 is 14.9 Å². The molecule has 0 aliphatic rings. The molecule has 0 spiro atoms. The topological polar surface area (TPSA) is 93.3 Å². The van der Waals surface area contributed by atoms with Crippen molar-refractivity contribution in [1.82, 2.24) is 19.5 Å². The fourth-order valence-electron chi connectivity index (χ4n) is 1.54. The molecule has 2 rings (SSSR count). The van der Waals surface area contributed by atoms with Gasteiger partial charge in [-0.15, -0.1) is 0 Å². The lowest BCUT2D eigenvalue weighted by molar-refractivity contribution is -0.0919. The molecule has 2 aromatic heterocycles. The number of hydrogen-bond donors (Lipinski definition) is 2. The van der Waals surface area contributed by atoms with Crippen molar-refractivity contribution in [3.8, 4) is 0 Å². The largest absolute Gasteiger partial charge is 0.394 e. The van der Waals surface area contributed by atoms with Gasteiger partial charge >= 0.3 is 0 Å². The second kappa shape index (κ2) is 9.16. The van der Waals surface area contributed by atoms with E-state index in [1.54, 1.807) is 0 Å². The maximum Gasteiger partial charge on any atom is 0.225 e. The minimum atomic E-state index is -1.41. The van der Waals surface area contributed by atoms with Crippen molar-refractivity contribution < 1.29 is 19.3 Å². The standard InChI is InChI=1S/C10H11Cl2FN4O3.C2H6/c11-8-7-9(16-10(12)15-8)17(3-14-7)4-20-6(2-18)5(19)1-13;1-2/h3,5-6,18-19H,1-2,4H2;1-2H3/t5-,6?;/m1./s1. The molecule has 2 atom stereocenters. The normalized spacial score (nSPS) is 13.6. The molecule has 0 amide bonds. The molecule has 0 aliphatic carbocycles. The smallest absolute Gasteiger partial charge is 0.225 e. The van der Waals surface area contributed by atoms with Crippen molar-refractivity contribution in [3.63, 3.8) is 0 Å². The highest BCUT2D eigenvalue weighted by molar-refractivity contribution is 6.35. The summed E-state index contributed by atoms with van der Waals surface area (Å²) in [6.45, 7) is 2.35. The summed E-state index contributed by atoms with van der Waals surface area (Å²) < 4.78 is 19.0. The Bertz CT molecular complexity index is 599. The van der Waals surface area contributed by atoms with Crippen LogP contribution < -0.4 is 0 Å². The van der Waals surface area contributed by atoms with Crippen LogP contribution in [-0.2, 0) is 11.5 Å². The van der Waals surface area contributed by atoms with E-state index in [0.717, 1.165) is 0 Å². The maximum absolute atomic E-state index is 12.3. The number of aliphatic hydroxyl groups is 2. The molecular weight excluding hydrogens is 338 g/mol. The molecule has 2 N–H and O–H groups in total. The third kappa shape index (κ3) is 4.47. The van der Waals surface area contributed by atoms with Gasteiger partial charge in [-0.25, -0.2) is 14.4 Å². The van der Waals surface area contributed by atoms with E-state index in [9.17, 15) is 9.50 Å². The van der Waals surface area contributed by atoms with Crippen molar-refractivity contribution in [2.75, 3.05) is 13.3 Å². The van der Waals surface area contributed by atoms with Gasteiger partial charge in [0.1, 0.15) is 31.1 Å². The number of aliphatic hydroxyl groups excluding tert-OH is 2. The quantitative estimate of drug-likeness (QED) is 0.607. The first kappa shape index (κ1) is 19.0. The van der Waals surface area contributed by atoms with Gasteiger partial charge in [-0.2, -0.15) is 4.98 Å². The van der Waals surface area contributed by atoms with Crippen LogP contribution in [0.25, 0.3) is 11.2 Å². The number of nitrogens with zero attached hydrogens (tertiary/aromatic N) is 4. The highest BCUT2D eigenvalue weighted by Gasteiger charge is 2.20. The summed E-state index contributed by atoms with van der Waals surface area (Å²) in [7, 11) is 0. The number of imidazole rings is 1. The van der Waals surface area contributed by atoms with Gasteiger partial charge in [-0.3, -0.25) is 4.57 Å². The van der Waals surface area contributed by atoms with E-state index in [2.05, 4.69) is 15.0 Å². The maximum atomic E-state index is 12.3. The second-order valence-corrected chi connectivity index (χ2v) is 4.60. The minimum absolute atomic E-state index is 0.0493. The zero-order valence-corrected chi connectivity index (χ0v) is 13.6. The Labute approximate surface area is 136 Å². The number of alkyl halides is 1. The lowest BCUT2D eigenvalue weighted by Gasteiger charge is -2.19. The Morgan fingerprint density at radius 2 is 2.05 bits per heavy atom. The van der Waals surface area contributed by atoms with Crippen LogP contribution in [0.5, 0.6) is 0 Å². The van der Waals surface area contributed by atoms with Crippen LogP contribution >= 0.6 is 23.2 Å². The SMILES string of the molecule is CC.OCC(OCn1cnc2c(Cl)nc(Cl)nc21)[C@H](O)CF. The Hall–Kier alpha value is -1.06. The van der Waals surface area contributed by atoms with Crippen molar-refractivity contribution in [2.24, 2.45) is 0 Å². The highest BCUT2D eigenvalue weighted by atomic mass is 35.5. The van der Waals surface area contributed by atoms with Gasteiger partial charge in [0, 0.05) is 0 Å². The predicted octanol–water partition coefficient (Wildman–Crippen LogP) is 1.82. The van der Waals surface area contributed by atoms with Gasteiger partial charge in [0.25, 0.3) is 0 Å². The summed E-state index contributed by atoms with van der Waals surface area (Å²) in [4.78, 5) is 11.7. The fraction of sp³-hybridized carbons (Fsp3) is 0.583. The van der Waals surface area contributed by atoms with E-state index in [0.29, 0.717) is 11.2 Å². The van der Waals surface area contributed by atoms with E-state index in [1.165, 1.54) is 10.9 Å². The van der Waals surface area contributed by atoms with Crippen molar-refractivity contribution >= 4 is 34.4 Å². The first-order valence-electron chi connectivity index (χ1n) is 6.57. The number of rotatable bonds is 6. The number of hydrogen-bond acceptors (Lipinski definition) is 6. The summed E-state index contributed by atoms with van der Waals surface area (Å²) >= 11 is 11.6. The first-order chi connectivity index (χ1) is 10.6. The number of aromatic nitrogens is 4. The summed E-state index contributed by atoms with van der Waals surface area (Å²) in [6, 6.07) is 0. The third-order valence-electron chi connectivity index (χ3n) is 2.59. The van der Waals surface area contributed by atoms with Crippen LogP contribution in [0, 0.1) is 0 Å². The molecular formula is C12H17Cl2FN4O3. The zero-order chi connectivity index (χ0) is 16.7. The molecule has 0 bridgehead atoms. The Morgan fingerprint density at radius 1 is 1.36 bits per heavy atom. The Kier molecular flexibility index (Phi) is 7.91. The van der Waals surface area contributed by atoms with Gasteiger partial charge in [-0.1, -0.05) is 25.4 Å². The molecule has 0 saturated heterocycles. The number of fused-ring (bicyclic) bond motifs is 1. The summed E-state index contributed by atoms with van der Waals surface area (Å²) in [5.74, 6) is 0. The molecule has 1 unspecified atom stereocenters. The van der Waals surface area contributed by atoms with E-state index in [-0.39, 0.29) is 17.2 Å². The zero-order valence-electron chi connectivity index (χ0n) is 12.1. The van der Waals surface area contributed by atoms with E-state index < -0.39 is 25.5 Å². The van der Waals surface area contributed by atoms with E-state index in [1.807, 2.05) is 13.8 Å². The monoisotopic (exact) mass is 354 g/mol. The minimum Gasteiger partial charge on any atom is -0.394 e. The molecule has 0 aromatic carbocycles. The van der Waals surface area contributed by atoms with Crippen molar-refractivity contribution in [1.29, 1.82) is 0 Å². The molecule has 0 aliphatic heterocycles. The first-order valence-corrected chi connectivity index (χ1v) is 7.32.